The summed E-state index contributed by atoms with van der Waals surface area (Å²) in [6.45, 7) is 3.49. The number of carbonyl (C=O) groups is 2. The third kappa shape index (κ3) is 2.75. The maximum Gasteiger partial charge on any atom is 0.260 e. The Labute approximate surface area is 156 Å². The Morgan fingerprint density at radius 1 is 1.22 bits per heavy atom. The summed E-state index contributed by atoms with van der Waals surface area (Å²) in [7, 11) is 0. The van der Waals surface area contributed by atoms with Gasteiger partial charge in [0.2, 0.25) is 5.91 Å². The summed E-state index contributed by atoms with van der Waals surface area (Å²) < 4.78 is 0. The molecule has 2 N–H and O–H groups in total. The van der Waals surface area contributed by atoms with E-state index in [0.29, 0.717) is 38.9 Å². The zero-order valence-corrected chi connectivity index (χ0v) is 15.3. The van der Waals surface area contributed by atoms with E-state index in [9.17, 15) is 14.4 Å². The van der Waals surface area contributed by atoms with Gasteiger partial charge in [0.05, 0.1) is 17.6 Å². The summed E-state index contributed by atoms with van der Waals surface area (Å²) in [6.07, 6.45) is 5.65. The zero-order chi connectivity index (χ0) is 19.0. The van der Waals surface area contributed by atoms with Gasteiger partial charge in [-0.1, -0.05) is 6.92 Å². The first-order valence-corrected chi connectivity index (χ1v) is 9.37. The minimum atomic E-state index is -0.472. The van der Waals surface area contributed by atoms with E-state index in [-0.39, 0.29) is 22.9 Å². The fourth-order valence-electron chi connectivity index (χ4n) is 4.38. The Morgan fingerprint density at radius 3 is 2.70 bits per heavy atom. The molecule has 0 unspecified atom stereocenters. The molecule has 0 atom stereocenters. The summed E-state index contributed by atoms with van der Waals surface area (Å²) in [5.74, 6) is -0.152. The van der Waals surface area contributed by atoms with Crippen molar-refractivity contribution >= 4 is 11.8 Å². The number of hydrogen-bond acceptors (Lipinski definition) is 4. The first-order valence-electron chi connectivity index (χ1n) is 9.37. The molecule has 4 heterocycles. The molecule has 0 radical (unpaired) electrons. The number of aromatic nitrogens is 3. The molecule has 8 nitrogen and oxygen atoms in total. The molecule has 2 aliphatic heterocycles. The minimum Gasteiger partial charge on any atom is -0.348 e. The lowest BCUT2D eigenvalue weighted by atomic mass is 9.78. The van der Waals surface area contributed by atoms with E-state index >= 15 is 0 Å². The molecule has 0 aliphatic carbocycles. The number of fused-ring (bicyclic) bond motifs is 2. The fourth-order valence-corrected chi connectivity index (χ4v) is 4.38. The van der Waals surface area contributed by atoms with Gasteiger partial charge in [0, 0.05) is 44.4 Å². The van der Waals surface area contributed by atoms with Crippen LogP contribution in [0.5, 0.6) is 0 Å². The summed E-state index contributed by atoms with van der Waals surface area (Å²) in [6, 6.07) is 3.20. The second-order valence-corrected chi connectivity index (χ2v) is 7.12. The summed E-state index contributed by atoms with van der Waals surface area (Å²) in [5, 5.41) is 0. The molecule has 0 aromatic carbocycles. The predicted molar refractivity (Wildman–Crippen MR) is 98.2 cm³/mol. The lowest BCUT2D eigenvalue weighted by molar-refractivity contribution is -0.141. The van der Waals surface area contributed by atoms with Gasteiger partial charge in [-0.05, 0) is 25.0 Å². The van der Waals surface area contributed by atoms with Crippen molar-refractivity contribution in [2.24, 2.45) is 0 Å². The van der Waals surface area contributed by atoms with Gasteiger partial charge in [0.1, 0.15) is 5.56 Å². The molecule has 2 aliphatic rings. The van der Waals surface area contributed by atoms with Crippen molar-refractivity contribution in [3.8, 4) is 0 Å². The molecule has 2 aromatic rings. The number of nitrogens with zero attached hydrogens (tertiary/aromatic N) is 3. The Bertz CT molecular complexity index is 923. The SMILES string of the molecule is CCC(=O)N1CCc2[nH]cnc2C12CCN(C(=O)c1ccc[nH]c1=O)CC2. The van der Waals surface area contributed by atoms with Crippen LogP contribution in [-0.4, -0.2) is 56.2 Å². The number of imidazole rings is 1. The second kappa shape index (κ2) is 6.68. The zero-order valence-electron chi connectivity index (χ0n) is 15.3. The summed E-state index contributed by atoms with van der Waals surface area (Å²) in [5.41, 5.74) is 1.31. The van der Waals surface area contributed by atoms with E-state index in [1.165, 1.54) is 6.20 Å². The molecule has 8 heteroatoms. The molecular weight excluding hydrogens is 346 g/mol. The first-order chi connectivity index (χ1) is 13.1. The number of nitrogens with one attached hydrogen (secondary N) is 2. The standard InChI is InChI=1S/C19H23N5O3/c1-2-15(25)24-9-5-14-16(22-12-21-14)19(24)6-10-23(11-7-19)18(27)13-4-3-8-20-17(13)26/h3-4,8,12H,2,5-7,9-11H2,1H3,(H,20,26)(H,21,22). The number of carbonyl (C=O) groups excluding carboxylic acids is 2. The molecule has 4 rings (SSSR count). The van der Waals surface area contributed by atoms with Crippen molar-refractivity contribution in [2.45, 2.75) is 38.1 Å². The van der Waals surface area contributed by atoms with Crippen LogP contribution in [0.25, 0.3) is 0 Å². The fraction of sp³-hybridized carbons (Fsp3) is 0.474. The predicted octanol–water partition coefficient (Wildman–Crippen LogP) is 1.02. The van der Waals surface area contributed by atoms with Gasteiger partial charge in [0.15, 0.2) is 0 Å². The van der Waals surface area contributed by atoms with Crippen LogP contribution in [-0.2, 0) is 16.8 Å². The van der Waals surface area contributed by atoms with Crippen molar-refractivity contribution in [3.05, 3.63) is 52.0 Å². The molecule has 27 heavy (non-hydrogen) atoms. The molecule has 1 saturated heterocycles. The smallest absolute Gasteiger partial charge is 0.260 e. The van der Waals surface area contributed by atoms with Gasteiger partial charge in [-0.3, -0.25) is 14.4 Å². The van der Waals surface area contributed by atoms with E-state index in [1.54, 1.807) is 23.4 Å². The highest BCUT2D eigenvalue weighted by atomic mass is 16.2. The number of piperidine rings is 1. The topological polar surface area (TPSA) is 102 Å². The number of aromatic amines is 2. The number of hydrogen-bond donors (Lipinski definition) is 2. The van der Waals surface area contributed by atoms with Crippen molar-refractivity contribution in [1.82, 2.24) is 24.8 Å². The first kappa shape index (κ1) is 17.5. The van der Waals surface area contributed by atoms with Crippen molar-refractivity contribution in [1.29, 1.82) is 0 Å². The molecule has 0 saturated carbocycles. The quantitative estimate of drug-likeness (QED) is 0.825. The average Bonchev–Trinajstić information content (AvgIpc) is 3.18. The van der Waals surface area contributed by atoms with E-state index < -0.39 is 5.54 Å². The van der Waals surface area contributed by atoms with Crippen molar-refractivity contribution in [3.63, 3.8) is 0 Å². The van der Waals surface area contributed by atoms with Gasteiger partial charge in [-0.15, -0.1) is 0 Å². The highest BCUT2D eigenvalue weighted by Crippen LogP contribution is 2.42. The van der Waals surface area contributed by atoms with Crippen molar-refractivity contribution < 1.29 is 9.59 Å². The number of pyridine rings is 1. The van der Waals surface area contributed by atoms with E-state index in [1.807, 2.05) is 11.8 Å². The number of likely N-dealkylation sites (tertiary alicyclic amines) is 1. The Hall–Kier alpha value is -2.90. The van der Waals surface area contributed by atoms with E-state index in [2.05, 4.69) is 15.0 Å². The molecule has 0 bridgehead atoms. The highest BCUT2D eigenvalue weighted by molar-refractivity contribution is 5.93. The van der Waals surface area contributed by atoms with Crippen LogP contribution >= 0.6 is 0 Å². The van der Waals surface area contributed by atoms with E-state index in [0.717, 1.165) is 17.8 Å². The van der Waals surface area contributed by atoms with Gasteiger partial charge in [-0.25, -0.2) is 4.98 Å². The number of rotatable bonds is 2. The average molecular weight is 369 g/mol. The number of amides is 2. The lowest BCUT2D eigenvalue weighted by Crippen LogP contribution is -2.59. The molecule has 142 valence electrons. The van der Waals surface area contributed by atoms with E-state index in [4.69, 9.17) is 0 Å². The van der Waals surface area contributed by atoms with Gasteiger partial charge < -0.3 is 19.8 Å². The third-order valence-corrected chi connectivity index (χ3v) is 5.79. The Morgan fingerprint density at radius 2 is 2.00 bits per heavy atom. The number of H-pyrrole nitrogens is 2. The maximum absolute atomic E-state index is 12.8. The maximum atomic E-state index is 12.8. The van der Waals surface area contributed by atoms with Gasteiger partial charge in [-0.2, -0.15) is 0 Å². The molecular formula is C19H23N5O3. The van der Waals surface area contributed by atoms with Crippen LogP contribution in [0.2, 0.25) is 0 Å². The van der Waals surface area contributed by atoms with Crippen LogP contribution in [0.1, 0.15) is 47.9 Å². The summed E-state index contributed by atoms with van der Waals surface area (Å²) >= 11 is 0. The van der Waals surface area contributed by atoms with Gasteiger partial charge >= 0.3 is 0 Å². The monoisotopic (exact) mass is 369 g/mol. The molecule has 1 spiro atoms. The largest absolute Gasteiger partial charge is 0.348 e. The Balaban J connectivity index is 1.61. The molecule has 2 amide bonds. The minimum absolute atomic E-state index is 0.114. The van der Waals surface area contributed by atoms with Crippen molar-refractivity contribution in [2.75, 3.05) is 19.6 Å². The van der Waals surface area contributed by atoms with Crippen LogP contribution in [0.4, 0.5) is 0 Å². The van der Waals surface area contributed by atoms with Crippen LogP contribution < -0.4 is 5.56 Å². The normalized spacial score (nSPS) is 18.4. The highest BCUT2D eigenvalue weighted by Gasteiger charge is 2.48. The second-order valence-electron chi connectivity index (χ2n) is 7.12. The molecule has 1 fully saturated rings. The van der Waals surface area contributed by atoms with Crippen LogP contribution in [0.3, 0.4) is 0 Å². The molecule has 2 aromatic heterocycles. The van der Waals surface area contributed by atoms with Gasteiger partial charge in [0.25, 0.3) is 11.5 Å². The third-order valence-electron chi connectivity index (χ3n) is 5.79. The van der Waals surface area contributed by atoms with Crippen LogP contribution in [0, 0.1) is 0 Å². The summed E-state index contributed by atoms with van der Waals surface area (Å²) in [4.78, 5) is 51.2. The van der Waals surface area contributed by atoms with Crippen LogP contribution in [0.15, 0.2) is 29.5 Å². The lowest BCUT2D eigenvalue weighted by Gasteiger charge is -2.50. The Kier molecular flexibility index (Phi) is 4.33.